The molecule has 3 heteroatoms. The Labute approximate surface area is 131 Å². The number of rotatable bonds is 4. The highest BCUT2D eigenvalue weighted by molar-refractivity contribution is 5.88. The number of carbonyl (C=O) groups is 1. The molecule has 0 aromatic heterocycles. The summed E-state index contributed by atoms with van der Waals surface area (Å²) in [5.74, 6) is 0.842. The van der Waals surface area contributed by atoms with Gasteiger partial charge < -0.3 is 9.64 Å². The second-order valence-corrected chi connectivity index (χ2v) is 5.93. The molecule has 1 aliphatic carbocycles. The minimum absolute atomic E-state index is 0.167. The number of nitrogens with zero attached hydrogens (tertiary/aromatic N) is 1. The van der Waals surface area contributed by atoms with Crippen molar-refractivity contribution < 1.29 is 9.53 Å². The van der Waals surface area contributed by atoms with E-state index in [0.717, 1.165) is 24.1 Å². The van der Waals surface area contributed by atoms with Crippen LogP contribution in [0.3, 0.4) is 0 Å². The van der Waals surface area contributed by atoms with Gasteiger partial charge in [0.25, 0.3) is 5.76 Å². The van der Waals surface area contributed by atoms with E-state index in [2.05, 4.69) is 18.2 Å². The second-order valence-electron chi connectivity index (χ2n) is 5.93. The number of carbonyl (C=O) groups excluding carboxylic acids is 1. The summed E-state index contributed by atoms with van der Waals surface area (Å²) in [6.07, 6.45) is 9.77. The molecule has 1 aliphatic heterocycles. The third kappa shape index (κ3) is 2.56. The van der Waals surface area contributed by atoms with E-state index in [9.17, 15) is 4.79 Å². The van der Waals surface area contributed by atoms with Crippen molar-refractivity contribution in [3.8, 4) is 0 Å². The molecule has 22 heavy (non-hydrogen) atoms. The number of likely N-dealkylation sites (tertiary alicyclic amines) is 1. The largest absolute Gasteiger partial charge is 0.469 e. The van der Waals surface area contributed by atoms with Crippen LogP contribution in [-0.4, -0.2) is 24.5 Å². The molecule has 0 bridgehead atoms. The average Bonchev–Trinajstić information content (AvgIpc) is 2.85. The average molecular weight is 294 g/mol. The monoisotopic (exact) mass is 294 g/mol. The summed E-state index contributed by atoms with van der Waals surface area (Å²) in [6.45, 7) is 3.44. The van der Waals surface area contributed by atoms with Gasteiger partial charge in [-0.1, -0.05) is 30.3 Å². The molecular formula is C19H20NO2+. The molecular weight excluding hydrogens is 274 g/mol. The zero-order valence-corrected chi connectivity index (χ0v) is 13.0. The van der Waals surface area contributed by atoms with Crippen molar-refractivity contribution in [1.82, 2.24) is 4.90 Å². The molecule has 0 radical (unpaired) electrons. The maximum absolute atomic E-state index is 12.9. The Balaban J connectivity index is 1.80. The standard InChI is InChI=1S/C19H20NO2/c1-19(16-9-6-10-17(13-16)22-2)11-12-20(18(19)21)14-15-7-4-3-5-8-15/h3-10H,11-12,14H2,1-2H3/q+1. The highest BCUT2D eigenvalue weighted by Gasteiger charge is 2.48. The molecule has 1 fully saturated rings. The van der Waals surface area contributed by atoms with E-state index < -0.39 is 5.41 Å². The van der Waals surface area contributed by atoms with Crippen molar-refractivity contribution in [2.24, 2.45) is 5.41 Å². The minimum atomic E-state index is -0.511. The molecule has 0 spiro atoms. The van der Waals surface area contributed by atoms with Gasteiger partial charge in [-0.25, -0.2) is 0 Å². The van der Waals surface area contributed by atoms with Gasteiger partial charge >= 0.3 is 0 Å². The van der Waals surface area contributed by atoms with Crippen LogP contribution >= 0.6 is 0 Å². The van der Waals surface area contributed by atoms with E-state index in [0.29, 0.717) is 12.3 Å². The van der Waals surface area contributed by atoms with Gasteiger partial charge in [-0.3, -0.25) is 4.79 Å². The first-order valence-electron chi connectivity index (χ1n) is 7.53. The van der Waals surface area contributed by atoms with Gasteiger partial charge in [0.2, 0.25) is 5.91 Å². The van der Waals surface area contributed by atoms with Crippen LogP contribution in [0, 0.1) is 11.5 Å². The number of hydrogen-bond acceptors (Lipinski definition) is 2. The van der Waals surface area contributed by atoms with E-state index in [1.54, 1.807) is 7.11 Å². The zero-order chi connectivity index (χ0) is 15.6. The lowest BCUT2D eigenvalue weighted by Crippen LogP contribution is -2.33. The predicted molar refractivity (Wildman–Crippen MR) is 85.6 cm³/mol. The summed E-state index contributed by atoms with van der Waals surface area (Å²) in [6, 6.07) is 10.1. The molecule has 1 aromatic rings. The Hall–Kier alpha value is -2.38. The number of hydrogen-bond donors (Lipinski definition) is 0. The lowest BCUT2D eigenvalue weighted by atomic mass is 9.79. The van der Waals surface area contributed by atoms with E-state index in [1.165, 1.54) is 0 Å². The number of amides is 1. The third-order valence-electron chi connectivity index (χ3n) is 4.44. The van der Waals surface area contributed by atoms with Gasteiger partial charge in [0.05, 0.1) is 31.4 Å². The highest BCUT2D eigenvalue weighted by atomic mass is 16.5. The van der Waals surface area contributed by atoms with Crippen LogP contribution in [0.1, 0.15) is 18.9 Å². The molecule has 0 saturated carbocycles. The minimum Gasteiger partial charge on any atom is -0.469 e. The van der Waals surface area contributed by atoms with Gasteiger partial charge in [0, 0.05) is 13.1 Å². The summed E-state index contributed by atoms with van der Waals surface area (Å²) in [5, 5.41) is 0. The fraction of sp³-hybridized carbons (Fsp3) is 0.316. The lowest BCUT2D eigenvalue weighted by Gasteiger charge is -2.22. The van der Waals surface area contributed by atoms with Gasteiger partial charge in [-0.05, 0) is 18.9 Å². The first kappa shape index (κ1) is 14.6. The second kappa shape index (κ2) is 5.78. The van der Waals surface area contributed by atoms with Crippen LogP contribution in [0.25, 0.3) is 0 Å². The first-order chi connectivity index (χ1) is 10.6. The summed E-state index contributed by atoms with van der Waals surface area (Å²) in [5.41, 5.74) is 1.56. The molecule has 0 N–H and O–H groups in total. The maximum Gasteiger partial charge on any atom is 0.289 e. The van der Waals surface area contributed by atoms with Crippen LogP contribution in [0.15, 0.2) is 59.9 Å². The Morgan fingerprint density at radius 2 is 2.09 bits per heavy atom. The number of allylic oxidation sites excluding steroid dienone is 4. The Morgan fingerprint density at radius 1 is 1.32 bits per heavy atom. The fourth-order valence-corrected chi connectivity index (χ4v) is 3.01. The molecule has 1 saturated heterocycles. The summed E-state index contributed by atoms with van der Waals surface area (Å²) >= 11 is 0. The normalized spacial score (nSPS) is 23.9. The van der Waals surface area contributed by atoms with Crippen molar-refractivity contribution >= 4 is 5.91 Å². The van der Waals surface area contributed by atoms with Crippen LogP contribution in [0.5, 0.6) is 0 Å². The molecule has 112 valence electrons. The number of methoxy groups -OCH3 is 1. The zero-order valence-electron chi connectivity index (χ0n) is 13.0. The van der Waals surface area contributed by atoms with Gasteiger partial charge in [0.1, 0.15) is 11.0 Å². The van der Waals surface area contributed by atoms with Crippen molar-refractivity contribution in [2.45, 2.75) is 19.9 Å². The fourth-order valence-electron chi connectivity index (χ4n) is 3.01. The summed E-state index contributed by atoms with van der Waals surface area (Å²) in [7, 11) is 1.62. The first-order valence-corrected chi connectivity index (χ1v) is 7.53. The smallest absolute Gasteiger partial charge is 0.289 e. The maximum atomic E-state index is 12.9. The third-order valence-corrected chi connectivity index (χ3v) is 4.44. The van der Waals surface area contributed by atoms with Crippen molar-refractivity contribution in [1.29, 1.82) is 0 Å². The highest BCUT2D eigenvalue weighted by Crippen LogP contribution is 2.40. The van der Waals surface area contributed by atoms with Crippen LogP contribution in [-0.2, 0) is 16.1 Å². The van der Waals surface area contributed by atoms with Gasteiger partial charge in [0.15, 0.2) is 0 Å². The number of ether oxygens (including phenoxy) is 1. The van der Waals surface area contributed by atoms with Crippen molar-refractivity contribution in [3.05, 3.63) is 71.5 Å². The van der Waals surface area contributed by atoms with Crippen molar-refractivity contribution in [3.63, 3.8) is 0 Å². The summed E-state index contributed by atoms with van der Waals surface area (Å²) < 4.78 is 5.24. The molecule has 3 rings (SSSR count). The molecule has 1 unspecified atom stereocenters. The summed E-state index contributed by atoms with van der Waals surface area (Å²) in [4.78, 5) is 14.8. The molecule has 1 aromatic carbocycles. The van der Waals surface area contributed by atoms with E-state index >= 15 is 0 Å². The van der Waals surface area contributed by atoms with Crippen molar-refractivity contribution in [2.75, 3.05) is 13.7 Å². The Morgan fingerprint density at radius 3 is 2.82 bits per heavy atom. The predicted octanol–water partition coefficient (Wildman–Crippen LogP) is 3.25. The van der Waals surface area contributed by atoms with Crippen LogP contribution in [0.2, 0.25) is 0 Å². The van der Waals surface area contributed by atoms with Gasteiger partial charge in [-0.15, -0.1) is 0 Å². The van der Waals surface area contributed by atoms with E-state index in [-0.39, 0.29) is 5.91 Å². The quantitative estimate of drug-likeness (QED) is 0.798. The lowest BCUT2D eigenvalue weighted by molar-refractivity contribution is -0.134. The van der Waals surface area contributed by atoms with E-state index in [4.69, 9.17) is 4.74 Å². The molecule has 3 nitrogen and oxygen atoms in total. The van der Waals surface area contributed by atoms with Gasteiger partial charge in [-0.2, -0.15) is 0 Å². The Kier molecular flexibility index (Phi) is 3.82. The topological polar surface area (TPSA) is 29.5 Å². The SMILES string of the molecule is COC1=CC=CC(C2(C)CCN(Cc3ccccc3)C2=O)=[C+]1. The van der Waals surface area contributed by atoms with Crippen LogP contribution < -0.4 is 0 Å². The number of benzene rings is 1. The molecule has 1 heterocycles. The molecule has 1 amide bonds. The van der Waals surface area contributed by atoms with Crippen LogP contribution in [0.4, 0.5) is 0 Å². The molecule has 1 atom stereocenters. The molecule has 2 aliphatic rings. The van der Waals surface area contributed by atoms with E-state index in [1.807, 2.05) is 48.3 Å². The Bertz CT molecular complexity index is 657.